The van der Waals surface area contributed by atoms with E-state index >= 15 is 0 Å². The van der Waals surface area contributed by atoms with E-state index in [2.05, 4.69) is 24.7 Å². The molecule has 2 aromatic rings. The summed E-state index contributed by atoms with van der Waals surface area (Å²) in [6, 6.07) is 9.75. The number of benzene rings is 2. The maximum absolute atomic E-state index is 13.3. The van der Waals surface area contributed by atoms with Gasteiger partial charge in [0.05, 0.1) is 66.2 Å². The molecule has 0 radical (unpaired) electrons. The Morgan fingerprint density at radius 3 is 1.32 bits per heavy atom. The van der Waals surface area contributed by atoms with E-state index in [0.717, 1.165) is 48.2 Å². The second kappa shape index (κ2) is 13.4. The average Bonchev–Trinajstić information content (AvgIpc) is 3.54. The fraction of sp³-hybridized carbons (Fsp3) is 0.467. The van der Waals surface area contributed by atoms with E-state index in [1.807, 2.05) is 0 Å². The minimum absolute atomic E-state index is 0. The first-order chi connectivity index (χ1) is 18.1. The Balaban J connectivity index is 0.00000220. The van der Waals surface area contributed by atoms with Crippen LogP contribution in [0.25, 0.3) is 0 Å². The summed E-state index contributed by atoms with van der Waals surface area (Å²) in [5, 5.41) is 5.79. The van der Waals surface area contributed by atoms with Gasteiger partial charge in [0.15, 0.2) is 11.6 Å². The van der Waals surface area contributed by atoms with Crippen LogP contribution in [0.1, 0.15) is 70.4 Å². The molecule has 2 heterocycles. The highest BCUT2D eigenvalue weighted by atomic mass is 127. The Labute approximate surface area is 270 Å². The van der Waals surface area contributed by atoms with Gasteiger partial charge in [0.25, 0.3) is 0 Å². The van der Waals surface area contributed by atoms with Crippen LogP contribution in [0.15, 0.2) is 36.4 Å². The number of anilines is 2. The van der Waals surface area contributed by atoms with Crippen molar-refractivity contribution in [1.82, 2.24) is 0 Å². The number of halogens is 2. The maximum Gasteiger partial charge on any atom is 0.230 e. The van der Waals surface area contributed by atoms with E-state index in [-0.39, 0.29) is 82.5 Å². The lowest BCUT2D eigenvalue weighted by Gasteiger charge is -2.28. The summed E-state index contributed by atoms with van der Waals surface area (Å²) in [4.78, 5) is 51.7. The van der Waals surface area contributed by atoms with Crippen molar-refractivity contribution in [2.45, 2.75) is 38.5 Å². The molecule has 0 spiro atoms. The van der Waals surface area contributed by atoms with E-state index in [1.54, 1.807) is 36.4 Å². The summed E-state index contributed by atoms with van der Waals surface area (Å²) in [5.74, 6) is -0.699. The van der Waals surface area contributed by atoms with Crippen molar-refractivity contribution in [2.24, 2.45) is 0 Å². The number of hydrogen-bond acceptors (Lipinski definition) is 4. The van der Waals surface area contributed by atoms with Crippen molar-refractivity contribution in [3.05, 3.63) is 58.7 Å². The number of rotatable bonds is 8. The highest BCUT2D eigenvalue weighted by Gasteiger charge is 2.31. The lowest BCUT2D eigenvalue weighted by Crippen LogP contribution is -3.00. The third-order valence-electron chi connectivity index (χ3n) is 8.63. The number of fused-ring (bicyclic) bond motifs is 2. The topological polar surface area (TPSA) is 92.3 Å². The van der Waals surface area contributed by atoms with Crippen LogP contribution in [0.3, 0.4) is 0 Å². The van der Waals surface area contributed by atoms with Crippen LogP contribution in [0.5, 0.6) is 0 Å². The molecule has 216 valence electrons. The molecule has 2 fully saturated rings. The second-order valence-corrected chi connectivity index (χ2v) is 11.8. The number of carbonyl (C=O) groups is 4. The van der Waals surface area contributed by atoms with Gasteiger partial charge in [-0.25, -0.2) is 0 Å². The van der Waals surface area contributed by atoms with Gasteiger partial charge in [-0.3, -0.25) is 19.2 Å². The summed E-state index contributed by atoms with van der Waals surface area (Å²) in [7, 11) is 4.38. The standard InChI is InChI=1S/C30H36N4O4.2HI/c1-33(13-3-4-14-33)17-11-27(35)31-21-7-9-23-25(19-21)29(37)24-10-8-22(20-26(24)30(23)38)32-28(36)12-18-34(2)15-5-6-16-34;;/h7-10,19-20H,3-6,11-18H2,1-2H3;2*1H. The van der Waals surface area contributed by atoms with E-state index in [0.29, 0.717) is 35.3 Å². The molecule has 0 unspecified atom stereocenters. The fourth-order valence-corrected chi connectivity index (χ4v) is 6.14. The molecule has 2 saturated heterocycles. The summed E-state index contributed by atoms with van der Waals surface area (Å²) < 4.78 is 1.84. The Hall–Kier alpha value is -1.90. The molecule has 8 nitrogen and oxygen atoms in total. The first-order valence-electron chi connectivity index (χ1n) is 13.8. The van der Waals surface area contributed by atoms with E-state index in [4.69, 9.17) is 0 Å². The minimum atomic E-state index is -0.259. The first kappa shape index (κ1) is 32.6. The average molecular weight is 772 g/mol. The third kappa shape index (κ3) is 7.29. The first-order valence-corrected chi connectivity index (χ1v) is 13.8. The van der Waals surface area contributed by atoms with Gasteiger partial charge in [-0.15, -0.1) is 0 Å². The highest BCUT2D eigenvalue weighted by molar-refractivity contribution is 6.29. The van der Waals surface area contributed by atoms with Gasteiger partial charge in [-0.05, 0) is 36.4 Å². The number of quaternary nitrogens is 2. The zero-order valence-electron chi connectivity index (χ0n) is 23.2. The van der Waals surface area contributed by atoms with Crippen molar-refractivity contribution in [1.29, 1.82) is 0 Å². The zero-order valence-corrected chi connectivity index (χ0v) is 27.5. The predicted molar refractivity (Wildman–Crippen MR) is 146 cm³/mol. The zero-order chi connectivity index (χ0) is 26.9. The number of amides is 2. The normalized spacial score (nSPS) is 18.1. The molecule has 0 atom stereocenters. The largest absolute Gasteiger partial charge is 1.00 e. The number of nitrogens with one attached hydrogen (secondary N) is 2. The van der Waals surface area contributed by atoms with E-state index < -0.39 is 0 Å². The number of carbonyl (C=O) groups excluding carboxylic acids is 4. The monoisotopic (exact) mass is 772 g/mol. The van der Waals surface area contributed by atoms with Crippen LogP contribution in [-0.2, 0) is 9.59 Å². The molecule has 10 heteroatoms. The number of ketones is 2. The van der Waals surface area contributed by atoms with Crippen molar-refractivity contribution in [3.8, 4) is 0 Å². The van der Waals surface area contributed by atoms with Gasteiger partial charge in [-0.2, -0.15) is 0 Å². The van der Waals surface area contributed by atoms with Crippen molar-refractivity contribution >= 4 is 34.8 Å². The molecule has 40 heavy (non-hydrogen) atoms. The second-order valence-electron chi connectivity index (χ2n) is 11.8. The van der Waals surface area contributed by atoms with Gasteiger partial charge in [0, 0.05) is 59.3 Å². The quantitative estimate of drug-likeness (QED) is 0.198. The van der Waals surface area contributed by atoms with Gasteiger partial charge in [-0.1, -0.05) is 0 Å². The lowest BCUT2D eigenvalue weighted by atomic mass is 9.83. The van der Waals surface area contributed by atoms with Crippen LogP contribution in [0.2, 0.25) is 0 Å². The molecule has 2 amide bonds. The molecule has 5 rings (SSSR count). The molecule has 2 aromatic carbocycles. The molecule has 2 aliphatic heterocycles. The SMILES string of the molecule is C[N+]1(CCC(=O)Nc2ccc3c(c2)C(=O)c2ccc(NC(=O)CC[N+]4(C)CCCC4)cc2C3=O)CCCC1.[I-].[I-]. The molecule has 0 bridgehead atoms. The molecular formula is C30H38I2N4O4. The molecule has 1 aliphatic carbocycles. The lowest BCUT2D eigenvalue weighted by molar-refractivity contribution is -0.897. The van der Waals surface area contributed by atoms with Crippen LogP contribution in [-0.4, -0.2) is 85.7 Å². The summed E-state index contributed by atoms with van der Waals surface area (Å²) in [6.07, 6.45) is 5.63. The highest BCUT2D eigenvalue weighted by Crippen LogP contribution is 2.31. The van der Waals surface area contributed by atoms with Gasteiger partial charge in [0.1, 0.15) is 0 Å². The molecule has 0 saturated carbocycles. The smallest absolute Gasteiger partial charge is 0.230 e. The maximum atomic E-state index is 13.3. The van der Waals surface area contributed by atoms with E-state index in [1.165, 1.54) is 25.7 Å². The van der Waals surface area contributed by atoms with Gasteiger partial charge in [0.2, 0.25) is 11.8 Å². The summed E-state index contributed by atoms with van der Waals surface area (Å²) in [5.41, 5.74) is 2.23. The Kier molecular flexibility index (Phi) is 10.9. The van der Waals surface area contributed by atoms with Crippen molar-refractivity contribution in [3.63, 3.8) is 0 Å². The molecular weight excluding hydrogens is 734 g/mol. The van der Waals surface area contributed by atoms with Crippen LogP contribution < -0.4 is 58.6 Å². The minimum Gasteiger partial charge on any atom is -1.00 e. The van der Waals surface area contributed by atoms with Crippen LogP contribution in [0.4, 0.5) is 11.4 Å². The van der Waals surface area contributed by atoms with Crippen LogP contribution >= 0.6 is 0 Å². The molecule has 2 N–H and O–H groups in total. The Morgan fingerprint density at radius 1 is 0.625 bits per heavy atom. The molecule has 3 aliphatic rings. The summed E-state index contributed by atoms with van der Waals surface area (Å²) in [6.45, 7) is 5.99. The number of likely N-dealkylation sites (tertiary alicyclic amines) is 2. The fourth-order valence-electron chi connectivity index (χ4n) is 6.14. The van der Waals surface area contributed by atoms with Gasteiger partial charge < -0.3 is 67.6 Å². The Morgan fingerprint density at radius 2 is 0.975 bits per heavy atom. The third-order valence-corrected chi connectivity index (χ3v) is 8.63. The van der Waals surface area contributed by atoms with E-state index in [9.17, 15) is 19.2 Å². The number of hydrogen-bond donors (Lipinski definition) is 2. The van der Waals surface area contributed by atoms with Gasteiger partial charge >= 0.3 is 0 Å². The van der Waals surface area contributed by atoms with Crippen molar-refractivity contribution < 1.29 is 76.1 Å². The van der Waals surface area contributed by atoms with Crippen LogP contribution in [0, 0.1) is 0 Å². The number of nitrogens with zero attached hydrogens (tertiary/aromatic N) is 2. The molecule has 0 aromatic heterocycles. The Bertz CT molecular complexity index is 1200. The predicted octanol–water partition coefficient (Wildman–Crippen LogP) is -2.39. The van der Waals surface area contributed by atoms with Crippen molar-refractivity contribution in [2.75, 3.05) is 64.0 Å². The summed E-state index contributed by atoms with van der Waals surface area (Å²) >= 11 is 0.